The average molecular weight is 314 g/mol. The molecule has 1 saturated carbocycles. The van der Waals surface area contributed by atoms with E-state index in [4.69, 9.17) is 26.2 Å². The molecule has 2 rings (SSSR count). The molecule has 6 nitrogen and oxygen atoms in total. The summed E-state index contributed by atoms with van der Waals surface area (Å²) in [5, 5.41) is 11.4. The highest BCUT2D eigenvalue weighted by atomic mass is 35.5. The third kappa shape index (κ3) is 5.61. The summed E-state index contributed by atoms with van der Waals surface area (Å²) in [5.41, 5.74) is 0.502. The summed E-state index contributed by atoms with van der Waals surface area (Å²) in [6.07, 6.45) is 2.35. The Balaban J connectivity index is 1.80. The molecule has 0 atom stereocenters. The molecule has 1 aromatic rings. The van der Waals surface area contributed by atoms with Gasteiger partial charge in [-0.25, -0.2) is 4.79 Å². The maximum atomic E-state index is 11.6. The molecule has 21 heavy (non-hydrogen) atoms. The van der Waals surface area contributed by atoms with Crippen molar-refractivity contribution in [2.24, 2.45) is 5.92 Å². The zero-order valence-electron chi connectivity index (χ0n) is 11.3. The van der Waals surface area contributed by atoms with Crippen LogP contribution in [-0.4, -0.2) is 36.8 Å². The lowest BCUT2D eigenvalue weighted by molar-refractivity contribution is -0.139. The largest absolute Gasteiger partial charge is 0.480 e. The quantitative estimate of drug-likeness (QED) is 0.768. The Kier molecular flexibility index (Phi) is 5.41. The summed E-state index contributed by atoms with van der Waals surface area (Å²) in [4.78, 5) is 22.0. The predicted molar refractivity (Wildman–Crippen MR) is 76.8 cm³/mol. The van der Waals surface area contributed by atoms with Crippen molar-refractivity contribution in [3.63, 3.8) is 0 Å². The first-order chi connectivity index (χ1) is 10.0. The number of ether oxygens (including phenoxy) is 2. The summed E-state index contributed by atoms with van der Waals surface area (Å²) >= 11 is 5.95. The van der Waals surface area contributed by atoms with E-state index in [1.165, 1.54) is 25.0 Å². The Bertz CT molecular complexity index is 530. The lowest BCUT2D eigenvalue weighted by atomic mass is 10.3. The molecule has 0 bridgehead atoms. The van der Waals surface area contributed by atoms with Gasteiger partial charge in [0.25, 0.3) is 0 Å². The van der Waals surface area contributed by atoms with Crippen LogP contribution in [0.1, 0.15) is 12.8 Å². The molecule has 1 aliphatic rings. The van der Waals surface area contributed by atoms with Gasteiger partial charge in [0, 0.05) is 5.69 Å². The van der Waals surface area contributed by atoms with Crippen molar-refractivity contribution >= 4 is 29.2 Å². The van der Waals surface area contributed by atoms with Crippen LogP contribution in [0, 0.1) is 5.92 Å². The average Bonchev–Trinajstić information content (AvgIpc) is 3.21. The monoisotopic (exact) mass is 313 g/mol. The molecular formula is C14H16ClNO5. The highest BCUT2D eigenvalue weighted by molar-refractivity contribution is 6.32. The van der Waals surface area contributed by atoms with Crippen molar-refractivity contribution in [1.29, 1.82) is 0 Å². The van der Waals surface area contributed by atoms with Crippen molar-refractivity contribution in [2.45, 2.75) is 12.8 Å². The SMILES string of the molecule is O=C(O)COc1ccc(NC(=O)COCC2CC2)cc1Cl. The normalized spacial score (nSPS) is 13.8. The first-order valence-electron chi connectivity index (χ1n) is 6.56. The summed E-state index contributed by atoms with van der Waals surface area (Å²) in [6.45, 7) is 0.155. The molecule has 2 N–H and O–H groups in total. The zero-order valence-corrected chi connectivity index (χ0v) is 12.1. The number of carbonyl (C=O) groups is 2. The molecule has 0 radical (unpaired) electrons. The highest BCUT2D eigenvalue weighted by Gasteiger charge is 2.21. The van der Waals surface area contributed by atoms with E-state index in [0.717, 1.165) is 0 Å². The number of nitrogens with one attached hydrogen (secondary N) is 1. The maximum Gasteiger partial charge on any atom is 0.341 e. The molecule has 1 aliphatic carbocycles. The van der Waals surface area contributed by atoms with Gasteiger partial charge in [0.2, 0.25) is 5.91 Å². The number of aliphatic carboxylic acids is 1. The second kappa shape index (κ2) is 7.28. The summed E-state index contributed by atoms with van der Waals surface area (Å²) in [6, 6.07) is 4.59. The fourth-order valence-corrected chi connectivity index (χ4v) is 1.87. The van der Waals surface area contributed by atoms with E-state index in [1.807, 2.05) is 0 Å². The fourth-order valence-electron chi connectivity index (χ4n) is 1.64. The summed E-state index contributed by atoms with van der Waals surface area (Å²) in [5.74, 6) is -0.484. The second-order valence-corrected chi connectivity index (χ2v) is 5.24. The molecule has 0 spiro atoms. The molecule has 0 aliphatic heterocycles. The maximum absolute atomic E-state index is 11.6. The van der Waals surface area contributed by atoms with E-state index in [-0.39, 0.29) is 23.3 Å². The number of halogens is 1. The van der Waals surface area contributed by atoms with Gasteiger partial charge in [-0.15, -0.1) is 0 Å². The molecule has 0 saturated heterocycles. The lowest BCUT2D eigenvalue weighted by Gasteiger charge is -2.09. The molecule has 1 aromatic carbocycles. The van der Waals surface area contributed by atoms with Crippen molar-refractivity contribution in [3.05, 3.63) is 23.2 Å². The molecule has 7 heteroatoms. The van der Waals surface area contributed by atoms with Crippen LogP contribution in [0.2, 0.25) is 5.02 Å². The first kappa shape index (κ1) is 15.6. The van der Waals surface area contributed by atoms with Gasteiger partial charge in [-0.1, -0.05) is 11.6 Å². The van der Waals surface area contributed by atoms with Gasteiger partial charge in [-0.3, -0.25) is 4.79 Å². The second-order valence-electron chi connectivity index (χ2n) is 4.83. The van der Waals surface area contributed by atoms with Crippen molar-refractivity contribution in [1.82, 2.24) is 0 Å². The lowest BCUT2D eigenvalue weighted by Crippen LogP contribution is -2.19. The Labute approximate surface area is 127 Å². The van der Waals surface area contributed by atoms with Gasteiger partial charge in [0.1, 0.15) is 12.4 Å². The van der Waals surface area contributed by atoms with Crippen LogP contribution in [-0.2, 0) is 14.3 Å². The standard InChI is InChI=1S/C14H16ClNO5/c15-11-5-10(3-4-12(11)21-8-14(18)19)16-13(17)7-20-6-9-1-2-9/h3-5,9H,1-2,6-8H2,(H,16,17)(H,18,19). The molecule has 0 heterocycles. The van der Waals surface area contributed by atoms with Crippen molar-refractivity contribution in [2.75, 3.05) is 25.1 Å². The number of anilines is 1. The van der Waals surface area contributed by atoms with Crippen LogP contribution in [0.3, 0.4) is 0 Å². The Morgan fingerprint density at radius 2 is 2.10 bits per heavy atom. The molecule has 0 aromatic heterocycles. The van der Waals surface area contributed by atoms with Gasteiger partial charge < -0.3 is 19.9 Å². The van der Waals surface area contributed by atoms with Crippen LogP contribution in [0.15, 0.2) is 18.2 Å². The molecule has 1 fully saturated rings. The number of carboxylic acids is 1. The molecule has 1 amide bonds. The highest BCUT2D eigenvalue weighted by Crippen LogP contribution is 2.29. The van der Waals surface area contributed by atoms with E-state index in [2.05, 4.69) is 5.32 Å². The third-order valence-corrected chi connectivity index (χ3v) is 3.15. The van der Waals surface area contributed by atoms with E-state index >= 15 is 0 Å². The number of hydrogen-bond donors (Lipinski definition) is 2. The minimum Gasteiger partial charge on any atom is -0.480 e. The van der Waals surface area contributed by atoms with Gasteiger partial charge in [0.15, 0.2) is 6.61 Å². The van der Waals surface area contributed by atoms with E-state index < -0.39 is 12.6 Å². The Morgan fingerprint density at radius 1 is 1.33 bits per heavy atom. The van der Waals surface area contributed by atoms with Gasteiger partial charge >= 0.3 is 5.97 Å². The van der Waals surface area contributed by atoms with Crippen molar-refractivity contribution in [3.8, 4) is 5.75 Å². The summed E-state index contributed by atoms with van der Waals surface area (Å²) in [7, 11) is 0. The number of hydrogen-bond acceptors (Lipinski definition) is 4. The Morgan fingerprint density at radius 3 is 2.71 bits per heavy atom. The van der Waals surface area contributed by atoms with Crippen molar-refractivity contribution < 1.29 is 24.2 Å². The molecule has 0 unspecified atom stereocenters. The number of benzene rings is 1. The minimum atomic E-state index is -1.09. The third-order valence-electron chi connectivity index (χ3n) is 2.85. The minimum absolute atomic E-state index is 0.00534. The van der Waals surface area contributed by atoms with E-state index in [0.29, 0.717) is 18.2 Å². The van der Waals surface area contributed by atoms with Crippen LogP contribution < -0.4 is 10.1 Å². The number of rotatable bonds is 8. The predicted octanol–water partition coefficient (Wildman–Crippen LogP) is 2.17. The number of carboxylic acid groups (broad SMARTS) is 1. The van der Waals surface area contributed by atoms with Gasteiger partial charge in [0.05, 0.1) is 11.6 Å². The van der Waals surface area contributed by atoms with Crippen LogP contribution in [0.4, 0.5) is 5.69 Å². The zero-order chi connectivity index (χ0) is 15.2. The number of carbonyl (C=O) groups excluding carboxylic acids is 1. The smallest absolute Gasteiger partial charge is 0.341 e. The van der Waals surface area contributed by atoms with E-state index in [9.17, 15) is 9.59 Å². The van der Waals surface area contributed by atoms with E-state index in [1.54, 1.807) is 6.07 Å². The Hall–Kier alpha value is -1.79. The van der Waals surface area contributed by atoms with Crippen LogP contribution in [0.5, 0.6) is 5.75 Å². The summed E-state index contributed by atoms with van der Waals surface area (Å²) < 4.78 is 10.3. The van der Waals surface area contributed by atoms with Gasteiger partial charge in [-0.2, -0.15) is 0 Å². The fraction of sp³-hybridized carbons (Fsp3) is 0.429. The molecule has 114 valence electrons. The number of amides is 1. The van der Waals surface area contributed by atoms with Crippen LogP contribution in [0.25, 0.3) is 0 Å². The first-order valence-corrected chi connectivity index (χ1v) is 6.94. The molecular weight excluding hydrogens is 298 g/mol. The van der Waals surface area contributed by atoms with Gasteiger partial charge in [-0.05, 0) is 37.0 Å². The topological polar surface area (TPSA) is 84.9 Å². The van der Waals surface area contributed by atoms with Crippen LogP contribution >= 0.6 is 11.6 Å².